The van der Waals surface area contributed by atoms with E-state index < -0.39 is 66.3 Å². The minimum Gasteiger partial charge on any atom is -0.480 e. The summed E-state index contributed by atoms with van der Waals surface area (Å²) in [6.07, 6.45) is 1.01. The molecule has 4 unspecified atom stereocenters. The molecular weight excluding hydrogens is 398 g/mol. The van der Waals surface area contributed by atoms with Gasteiger partial charge in [-0.1, -0.05) is 13.8 Å². The molecule has 1 rings (SSSR count). The van der Waals surface area contributed by atoms with E-state index in [2.05, 4.69) is 21.3 Å². The van der Waals surface area contributed by atoms with Crippen molar-refractivity contribution in [3.8, 4) is 0 Å². The summed E-state index contributed by atoms with van der Waals surface area (Å²) >= 11 is 0. The van der Waals surface area contributed by atoms with Crippen molar-refractivity contribution in [2.45, 2.75) is 63.7 Å². The maximum absolute atomic E-state index is 12.6. The molecule has 0 aromatic heterocycles. The number of carbonyl (C=O) groups is 5. The molecule has 1 heterocycles. The summed E-state index contributed by atoms with van der Waals surface area (Å²) in [5.74, 6) is -4.45. The van der Waals surface area contributed by atoms with E-state index >= 15 is 0 Å². The Morgan fingerprint density at radius 2 is 1.73 bits per heavy atom. The molecule has 1 aliphatic rings. The van der Waals surface area contributed by atoms with Gasteiger partial charge in [-0.3, -0.25) is 19.2 Å². The number of aliphatic hydroxyl groups excluding tert-OH is 1. The molecule has 0 aromatic carbocycles. The van der Waals surface area contributed by atoms with Crippen molar-refractivity contribution in [3.63, 3.8) is 0 Å². The summed E-state index contributed by atoms with van der Waals surface area (Å²) in [5, 5.41) is 28.9. The predicted octanol–water partition coefficient (Wildman–Crippen LogP) is -2.81. The standard InChI is InChI=1S/C18H31N5O7/c1-9(2)14(17(28)21-11(18(29)30)5-6-13(19)25)23-16(27)12(8-24)22-15(26)10-4-3-7-20-10/h9-12,14,20,24H,3-8H2,1-2H3,(H2,19,25)(H,21,28)(H,22,26)(H,23,27)(H,29,30). The van der Waals surface area contributed by atoms with Gasteiger partial charge in [-0.05, 0) is 31.7 Å². The third-order valence-electron chi connectivity index (χ3n) is 4.73. The number of aliphatic carboxylic acids is 1. The van der Waals surface area contributed by atoms with Crippen LogP contribution in [0.1, 0.15) is 39.5 Å². The summed E-state index contributed by atoms with van der Waals surface area (Å²) in [6.45, 7) is 3.29. The van der Waals surface area contributed by atoms with E-state index in [0.717, 1.165) is 6.42 Å². The first-order chi connectivity index (χ1) is 14.1. The van der Waals surface area contributed by atoms with E-state index in [1.54, 1.807) is 13.8 Å². The number of hydrogen-bond donors (Lipinski definition) is 7. The highest BCUT2D eigenvalue weighted by molar-refractivity contribution is 5.94. The van der Waals surface area contributed by atoms with E-state index in [1.165, 1.54) is 0 Å². The van der Waals surface area contributed by atoms with Gasteiger partial charge in [0.25, 0.3) is 0 Å². The van der Waals surface area contributed by atoms with Crippen LogP contribution in [0.4, 0.5) is 0 Å². The lowest BCUT2D eigenvalue weighted by Gasteiger charge is -2.26. The van der Waals surface area contributed by atoms with Gasteiger partial charge in [0.15, 0.2) is 0 Å². The summed E-state index contributed by atoms with van der Waals surface area (Å²) in [5.41, 5.74) is 5.01. The summed E-state index contributed by atoms with van der Waals surface area (Å²) < 4.78 is 0. The lowest BCUT2D eigenvalue weighted by Crippen LogP contribution is -2.59. The molecular formula is C18H31N5O7. The fourth-order valence-electron chi connectivity index (χ4n) is 2.97. The first kappa shape index (κ1) is 25.3. The second kappa shape index (κ2) is 12.1. The van der Waals surface area contributed by atoms with Gasteiger partial charge in [0.2, 0.25) is 23.6 Å². The Kier molecular flexibility index (Phi) is 10.2. The molecule has 170 valence electrons. The maximum Gasteiger partial charge on any atom is 0.326 e. The van der Waals surface area contributed by atoms with Gasteiger partial charge in [-0.2, -0.15) is 0 Å². The highest BCUT2D eigenvalue weighted by Crippen LogP contribution is 2.07. The molecule has 30 heavy (non-hydrogen) atoms. The van der Waals surface area contributed by atoms with Crippen molar-refractivity contribution in [1.29, 1.82) is 0 Å². The van der Waals surface area contributed by atoms with Crippen molar-refractivity contribution < 1.29 is 34.2 Å². The molecule has 0 aromatic rings. The summed E-state index contributed by atoms with van der Waals surface area (Å²) in [6, 6.07) is -4.19. The topological polar surface area (TPSA) is 200 Å². The zero-order chi connectivity index (χ0) is 22.8. The zero-order valence-corrected chi connectivity index (χ0v) is 17.1. The van der Waals surface area contributed by atoms with E-state index in [9.17, 15) is 34.2 Å². The molecule has 4 atom stereocenters. The Balaban J connectivity index is 2.75. The highest BCUT2D eigenvalue weighted by Gasteiger charge is 2.32. The Bertz CT molecular complexity index is 649. The van der Waals surface area contributed by atoms with E-state index in [4.69, 9.17) is 5.73 Å². The van der Waals surface area contributed by atoms with Gasteiger partial charge in [-0.15, -0.1) is 0 Å². The SMILES string of the molecule is CC(C)C(NC(=O)C(CO)NC(=O)C1CCCN1)C(=O)NC(CCC(N)=O)C(=O)O. The zero-order valence-electron chi connectivity index (χ0n) is 17.1. The lowest BCUT2D eigenvalue weighted by atomic mass is 10.0. The Hall–Kier alpha value is -2.73. The summed E-state index contributed by atoms with van der Waals surface area (Å²) in [4.78, 5) is 59.5. The number of nitrogens with two attached hydrogens (primary N) is 1. The third kappa shape index (κ3) is 7.95. The average molecular weight is 429 g/mol. The average Bonchev–Trinajstić information content (AvgIpc) is 3.21. The number of carboxylic acids is 1. The highest BCUT2D eigenvalue weighted by atomic mass is 16.4. The predicted molar refractivity (Wildman–Crippen MR) is 105 cm³/mol. The molecule has 12 nitrogen and oxygen atoms in total. The van der Waals surface area contributed by atoms with Gasteiger partial charge in [-0.25, -0.2) is 4.79 Å². The van der Waals surface area contributed by atoms with Gasteiger partial charge >= 0.3 is 5.97 Å². The van der Waals surface area contributed by atoms with Crippen LogP contribution < -0.4 is 27.0 Å². The molecule has 8 N–H and O–H groups in total. The molecule has 0 aliphatic carbocycles. The minimum atomic E-state index is -1.36. The Morgan fingerprint density at radius 3 is 2.20 bits per heavy atom. The Labute approximate surface area is 174 Å². The molecule has 1 fully saturated rings. The molecule has 0 saturated carbocycles. The van der Waals surface area contributed by atoms with Gasteiger partial charge < -0.3 is 37.2 Å². The van der Waals surface area contributed by atoms with E-state index in [0.29, 0.717) is 13.0 Å². The number of carbonyl (C=O) groups excluding carboxylic acids is 4. The van der Waals surface area contributed by atoms with Crippen LogP contribution in [0.25, 0.3) is 0 Å². The molecule has 0 bridgehead atoms. The second-order valence-corrected chi connectivity index (χ2v) is 7.53. The molecule has 0 radical (unpaired) electrons. The number of amides is 4. The number of rotatable bonds is 12. The summed E-state index contributed by atoms with van der Waals surface area (Å²) in [7, 11) is 0. The number of primary amides is 1. The van der Waals surface area contributed by atoms with Crippen LogP contribution in [-0.2, 0) is 24.0 Å². The van der Waals surface area contributed by atoms with Crippen molar-refractivity contribution in [1.82, 2.24) is 21.3 Å². The third-order valence-corrected chi connectivity index (χ3v) is 4.73. The largest absolute Gasteiger partial charge is 0.480 e. The van der Waals surface area contributed by atoms with Crippen LogP contribution >= 0.6 is 0 Å². The van der Waals surface area contributed by atoms with E-state index in [1.807, 2.05) is 0 Å². The van der Waals surface area contributed by atoms with Crippen LogP contribution in [0, 0.1) is 5.92 Å². The Morgan fingerprint density at radius 1 is 1.07 bits per heavy atom. The fourth-order valence-corrected chi connectivity index (χ4v) is 2.97. The van der Waals surface area contributed by atoms with Crippen LogP contribution in [0.5, 0.6) is 0 Å². The first-order valence-corrected chi connectivity index (χ1v) is 9.83. The van der Waals surface area contributed by atoms with Crippen molar-refractivity contribution in [2.75, 3.05) is 13.2 Å². The van der Waals surface area contributed by atoms with Gasteiger partial charge in [0.1, 0.15) is 18.1 Å². The molecule has 12 heteroatoms. The maximum atomic E-state index is 12.6. The van der Waals surface area contributed by atoms with Crippen molar-refractivity contribution in [2.24, 2.45) is 11.7 Å². The lowest BCUT2D eigenvalue weighted by molar-refractivity contribution is -0.143. The van der Waals surface area contributed by atoms with Crippen molar-refractivity contribution >= 4 is 29.6 Å². The minimum absolute atomic E-state index is 0.196. The molecule has 0 spiro atoms. The van der Waals surface area contributed by atoms with Crippen LogP contribution in [0.15, 0.2) is 0 Å². The number of hydrogen-bond acceptors (Lipinski definition) is 7. The normalized spacial score (nSPS) is 18.9. The number of aliphatic hydroxyl groups is 1. The number of nitrogens with one attached hydrogen (secondary N) is 4. The van der Waals surface area contributed by atoms with Crippen LogP contribution in [0.2, 0.25) is 0 Å². The monoisotopic (exact) mass is 429 g/mol. The second-order valence-electron chi connectivity index (χ2n) is 7.53. The molecule has 1 saturated heterocycles. The van der Waals surface area contributed by atoms with Gasteiger partial charge in [0, 0.05) is 6.42 Å². The number of carboxylic acid groups (broad SMARTS) is 1. The first-order valence-electron chi connectivity index (χ1n) is 9.83. The smallest absolute Gasteiger partial charge is 0.326 e. The van der Waals surface area contributed by atoms with Crippen molar-refractivity contribution in [3.05, 3.63) is 0 Å². The molecule has 1 aliphatic heterocycles. The molecule has 4 amide bonds. The van der Waals surface area contributed by atoms with E-state index in [-0.39, 0.29) is 12.8 Å². The van der Waals surface area contributed by atoms with Crippen LogP contribution in [-0.4, -0.2) is 77.1 Å². The van der Waals surface area contributed by atoms with Crippen LogP contribution in [0.3, 0.4) is 0 Å². The fraction of sp³-hybridized carbons (Fsp3) is 0.722. The van der Waals surface area contributed by atoms with Gasteiger partial charge in [0.05, 0.1) is 12.6 Å². The quantitative estimate of drug-likeness (QED) is 0.172.